The van der Waals surface area contributed by atoms with Gasteiger partial charge in [-0.2, -0.15) is 28.1 Å². The Morgan fingerprint density at radius 1 is 0.731 bits per heavy atom. The van der Waals surface area contributed by atoms with Crippen LogP contribution in [0.3, 0.4) is 0 Å². The summed E-state index contributed by atoms with van der Waals surface area (Å²) in [6, 6.07) is 24.1. The summed E-state index contributed by atoms with van der Waals surface area (Å²) in [6.45, 7) is -3.28. The molecule has 1 atom stereocenters. The van der Waals surface area contributed by atoms with Gasteiger partial charge in [0.25, 0.3) is 11.1 Å². The number of amides is 2. The Balaban J connectivity index is 0.000000202. The first-order valence-corrected chi connectivity index (χ1v) is 21.6. The molecule has 2 saturated heterocycles. The van der Waals surface area contributed by atoms with Crippen LogP contribution in [-0.2, 0) is 40.0 Å². The van der Waals surface area contributed by atoms with E-state index in [2.05, 4.69) is 46.9 Å². The van der Waals surface area contributed by atoms with E-state index in [0.29, 0.717) is 76.2 Å². The Labute approximate surface area is 387 Å². The van der Waals surface area contributed by atoms with Crippen molar-refractivity contribution in [2.24, 2.45) is 14.1 Å². The van der Waals surface area contributed by atoms with Crippen LogP contribution in [-0.4, -0.2) is 85.1 Å². The third kappa shape index (κ3) is 9.68. The molecule has 67 heavy (non-hydrogen) atoms. The summed E-state index contributed by atoms with van der Waals surface area (Å²) in [5.41, 5.74) is 4.59. The molecule has 16 nitrogen and oxygen atoms in total. The van der Waals surface area contributed by atoms with Crippen molar-refractivity contribution in [1.29, 1.82) is 10.5 Å². The van der Waals surface area contributed by atoms with E-state index in [1.54, 1.807) is 84.4 Å². The number of alkyl halides is 4. The molecular weight excluding hydrogens is 942 g/mol. The molecule has 1 N–H and O–H groups in total. The molecule has 0 spiro atoms. The van der Waals surface area contributed by atoms with Gasteiger partial charge in [-0.15, -0.1) is 0 Å². The Morgan fingerprint density at radius 3 is 1.81 bits per heavy atom. The molecule has 2 fully saturated rings. The zero-order valence-electron chi connectivity index (χ0n) is 35.9. The maximum atomic E-state index is 13.1. The number of rotatable bonds is 12. The summed E-state index contributed by atoms with van der Waals surface area (Å²) in [5.74, 6) is 0.579. The van der Waals surface area contributed by atoms with Crippen molar-refractivity contribution in [2.75, 3.05) is 31.1 Å². The van der Waals surface area contributed by atoms with Crippen LogP contribution >= 0.6 is 15.9 Å². The Hall–Kier alpha value is -7.65. The number of nitrogens with one attached hydrogen (secondary N) is 1. The Morgan fingerprint density at radius 2 is 1.27 bits per heavy atom. The molecule has 7 aromatic rings. The second kappa shape index (κ2) is 19.4. The number of hydrogen-bond acceptors (Lipinski definition) is 10. The third-order valence-corrected chi connectivity index (χ3v) is 12.2. The number of urea groups is 1. The Kier molecular flexibility index (Phi) is 13.3. The predicted molar refractivity (Wildman–Crippen MR) is 242 cm³/mol. The number of aromatic nitrogens is 6. The molecule has 2 amide bonds. The smallest absolute Gasteiger partial charge is 0.387 e. The molecule has 5 heterocycles. The van der Waals surface area contributed by atoms with E-state index in [4.69, 9.17) is 15.3 Å². The van der Waals surface area contributed by atoms with Crippen molar-refractivity contribution in [2.45, 2.75) is 45.2 Å². The van der Waals surface area contributed by atoms with Gasteiger partial charge in [-0.25, -0.2) is 14.8 Å². The molecule has 21 heteroatoms. The minimum absolute atomic E-state index is 0.0188. The zero-order valence-corrected chi connectivity index (χ0v) is 37.5. The van der Waals surface area contributed by atoms with E-state index in [0.717, 1.165) is 15.6 Å². The van der Waals surface area contributed by atoms with Crippen LogP contribution in [0.4, 0.5) is 28.3 Å². The molecule has 0 unspecified atom stereocenters. The molecule has 0 radical (unpaired) electrons. The molecule has 9 rings (SSSR count). The molecule has 2 aliphatic rings. The number of halogens is 5. The quantitative estimate of drug-likeness (QED) is 0.132. The average molecular weight is 983 g/mol. The van der Waals surface area contributed by atoms with Gasteiger partial charge in [0.2, 0.25) is 5.95 Å². The molecule has 0 aliphatic carbocycles. The topological polar surface area (TPSA) is 181 Å². The van der Waals surface area contributed by atoms with Gasteiger partial charge in [0.1, 0.15) is 11.5 Å². The van der Waals surface area contributed by atoms with Gasteiger partial charge in [0.05, 0.1) is 65.9 Å². The van der Waals surface area contributed by atoms with Gasteiger partial charge in [-0.05, 0) is 71.3 Å². The molecular formula is C46H40BrF4N11O5. The average Bonchev–Trinajstić information content (AvgIpc) is 3.88. The number of carbonyl (C=O) groups is 1. The summed E-state index contributed by atoms with van der Waals surface area (Å²) in [7, 11) is 3.23. The van der Waals surface area contributed by atoms with E-state index in [9.17, 15) is 31.9 Å². The standard InChI is InChI=1S/C28H26F2N8O3.C18H14BrF2N3O2/c1-35-25(39)22-4-3-18(20-12-32-27(33-13-20)36-8-9-37-21(16-36)14-34-28(37)40)11-23(22)38(35)15-19-10-17(6-7-31)2-5-24(19)41-26(29)30;1-23-17(25)14-4-3-13(19)9-15(14)24(23)10-12-8-11(6-7-22)2-5-16(12)26-18(20)21/h2-5,10-13,21,26H,6,8-9,14-16H2,1H3,(H,34,40);2-5,8-9,18H,6,10H2,1H3/t21-;/m1./s1. The van der Waals surface area contributed by atoms with Crippen LogP contribution < -0.4 is 30.8 Å². The van der Waals surface area contributed by atoms with Crippen molar-refractivity contribution < 1.29 is 31.8 Å². The van der Waals surface area contributed by atoms with Crippen molar-refractivity contribution in [1.82, 2.24) is 38.9 Å². The summed E-state index contributed by atoms with van der Waals surface area (Å²) in [6.07, 6.45) is 3.70. The lowest BCUT2D eigenvalue weighted by Gasteiger charge is -2.36. The SMILES string of the molecule is Cn1c(=O)c2ccc(-c3cnc(N4CCN5C(=O)NC[C@@H]5C4)nc3)cc2n1Cc1cc(CC#N)ccc1OC(F)F.Cn1c(=O)c2ccc(Br)cc2n1Cc1cc(CC#N)ccc1OC(F)F. The van der Waals surface area contributed by atoms with E-state index >= 15 is 0 Å². The predicted octanol–water partition coefficient (Wildman–Crippen LogP) is 6.54. The second-order valence-electron chi connectivity index (χ2n) is 15.7. The van der Waals surface area contributed by atoms with E-state index < -0.39 is 13.2 Å². The van der Waals surface area contributed by atoms with Gasteiger partial charge in [0, 0.05) is 73.8 Å². The maximum absolute atomic E-state index is 13.1. The van der Waals surface area contributed by atoms with Gasteiger partial charge < -0.3 is 24.6 Å². The largest absolute Gasteiger partial charge is 0.434 e. The molecule has 2 aliphatic heterocycles. The summed E-state index contributed by atoms with van der Waals surface area (Å²) < 4.78 is 68.1. The zero-order chi connectivity index (χ0) is 47.5. The molecule has 344 valence electrons. The number of ether oxygens (including phenoxy) is 2. The molecule has 0 bridgehead atoms. The van der Waals surface area contributed by atoms with E-state index in [1.807, 2.05) is 23.1 Å². The number of hydrogen-bond donors (Lipinski definition) is 1. The van der Waals surface area contributed by atoms with E-state index in [1.165, 1.54) is 21.5 Å². The summed E-state index contributed by atoms with van der Waals surface area (Å²) >= 11 is 3.38. The Bertz CT molecular complexity index is 3210. The molecule has 4 aromatic carbocycles. The fourth-order valence-corrected chi connectivity index (χ4v) is 8.71. The lowest BCUT2D eigenvalue weighted by Crippen LogP contribution is -2.52. The minimum Gasteiger partial charge on any atom is -0.434 e. The first kappa shape index (κ1) is 45.9. The van der Waals surface area contributed by atoms with Gasteiger partial charge >= 0.3 is 19.3 Å². The first-order valence-electron chi connectivity index (χ1n) is 20.8. The number of nitriles is 2. The number of fused-ring (bicyclic) bond motifs is 3. The highest BCUT2D eigenvalue weighted by Crippen LogP contribution is 2.29. The lowest BCUT2D eigenvalue weighted by atomic mass is 10.1. The normalized spacial score (nSPS) is 14.5. The number of anilines is 1. The summed E-state index contributed by atoms with van der Waals surface area (Å²) in [4.78, 5) is 50.4. The highest BCUT2D eigenvalue weighted by molar-refractivity contribution is 9.10. The van der Waals surface area contributed by atoms with Crippen LogP contribution in [0.1, 0.15) is 22.3 Å². The van der Waals surface area contributed by atoms with Crippen molar-refractivity contribution in [3.8, 4) is 34.8 Å². The van der Waals surface area contributed by atoms with E-state index in [-0.39, 0.29) is 60.6 Å². The van der Waals surface area contributed by atoms with Crippen LogP contribution in [0, 0.1) is 22.7 Å². The van der Waals surface area contributed by atoms with Gasteiger partial charge in [-0.3, -0.25) is 28.3 Å². The van der Waals surface area contributed by atoms with Crippen molar-refractivity contribution in [3.05, 3.63) is 133 Å². The van der Waals surface area contributed by atoms with Crippen molar-refractivity contribution in [3.63, 3.8) is 0 Å². The number of carbonyl (C=O) groups excluding carboxylic acids is 1. The maximum Gasteiger partial charge on any atom is 0.387 e. The van der Waals surface area contributed by atoms with Crippen molar-refractivity contribution >= 4 is 49.7 Å². The van der Waals surface area contributed by atoms with Crippen LogP contribution in [0.25, 0.3) is 32.9 Å². The second-order valence-corrected chi connectivity index (χ2v) is 16.6. The molecule has 3 aromatic heterocycles. The van der Waals surface area contributed by atoms with Crippen LogP contribution in [0.15, 0.2) is 99.3 Å². The first-order chi connectivity index (χ1) is 32.2. The minimum atomic E-state index is -3.02. The number of benzene rings is 4. The fraction of sp³-hybridized carbons (Fsp3) is 0.283. The lowest BCUT2D eigenvalue weighted by molar-refractivity contribution is -0.0511. The highest BCUT2D eigenvalue weighted by atomic mass is 79.9. The monoisotopic (exact) mass is 981 g/mol. The fourth-order valence-electron chi connectivity index (χ4n) is 8.36. The molecule has 0 saturated carbocycles. The summed E-state index contributed by atoms with van der Waals surface area (Å²) in [5, 5.41) is 21.8. The highest BCUT2D eigenvalue weighted by Gasteiger charge is 2.36. The van der Waals surface area contributed by atoms with Crippen LogP contribution in [0.5, 0.6) is 11.5 Å². The number of piperazine rings is 1. The van der Waals surface area contributed by atoms with Crippen LogP contribution in [0.2, 0.25) is 0 Å². The number of nitrogens with zero attached hydrogens (tertiary/aromatic N) is 10. The van der Waals surface area contributed by atoms with Gasteiger partial charge in [0.15, 0.2) is 0 Å². The van der Waals surface area contributed by atoms with Gasteiger partial charge in [-0.1, -0.05) is 34.1 Å². The third-order valence-electron chi connectivity index (χ3n) is 11.7.